The van der Waals surface area contributed by atoms with Crippen LogP contribution in [0.4, 0.5) is 4.39 Å². The average Bonchev–Trinajstić information content (AvgIpc) is 3.07. The van der Waals surface area contributed by atoms with Gasteiger partial charge in [0, 0.05) is 31.8 Å². The highest BCUT2D eigenvalue weighted by Crippen LogP contribution is 2.32. The quantitative estimate of drug-likeness (QED) is 0.467. The number of halogens is 1. The van der Waals surface area contributed by atoms with E-state index < -0.39 is 6.10 Å². The summed E-state index contributed by atoms with van der Waals surface area (Å²) in [7, 11) is 0. The number of hydrogen-bond donors (Lipinski definition) is 1. The Bertz CT molecular complexity index is 991. The van der Waals surface area contributed by atoms with E-state index in [0.717, 1.165) is 16.9 Å². The fourth-order valence-corrected chi connectivity index (χ4v) is 3.45. The van der Waals surface area contributed by atoms with Gasteiger partial charge in [-0.1, -0.05) is 24.3 Å². The monoisotopic (exact) mass is 441 g/mol. The largest absolute Gasteiger partial charge is 0.438 e. The van der Waals surface area contributed by atoms with Crippen molar-refractivity contribution in [3.8, 4) is 17.3 Å². The molecule has 1 N–H and O–H groups in total. The Morgan fingerprint density at radius 1 is 1.12 bits per heavy atom. The van der Waals surface area contributed by atoms with E-state index in [0.29, 0.717) is 31.3 Å². The fourth-order valence-electron chi connectivity index (χ4n) is 3.45. The molecule has 6 nitrogen and oxygen atoms in total. The molecule has 2 aromatic carbocycles. The lowest BCUT2D eigenvalue weighted by Gasteiger charge is -2.29. The molecule has 0 spiro atoms. The van der Waals surface area contributed by atoms with Gasteiger partial charge in [-0.3, -0.25) is 4.90 Å². The maximum absolute atomic E-state index is 13.8. The molecule has 1 atom stereocenters. The van der Waals surface area contributed by atoms with Gasteiger partial charge < -0.3 is 14.6 Å². The zero-order chi connectivity index (χ0) is 23.1. The highest BCUT2D eigenvalue weighted by molar-refractivity contribution is 5.43. The first kappa shape index (κ1) is 23.9. The summed E-state index contributed by atoms with van der Waals surface area (Å²) in [6, 6.07) is 15.9. The van der Waals surface area contributed by atoms with Gasteiger partial charge in [0.15, 0.2) is 0 Å². The number of aliphatic hydroxyl groups is 1. The summed E-state index contributed by atoms with van der Waals surface area (Å²) in [5.41, 5.74) is 2.54. The molecular formula is C25H32FN3O3. The molecule has 0 saturated heterocycles. The molecule has 32 heavy (non-hydrogen) atoms. The number of para-hydroxylation sites is 1. The number of rotatable bonds is 11. The van der Waals surface area contributed by atoms with Crippen LogP contribution in [0.25, 0.3) is 5.69 Å². The molecule has 0 fully saturated rings. The van der Waals surface area contributed by atoms with Crippen molar-refractivity contribution in [2.75, 3.05) is 19.8 Å². The van der Waals surface area contributed by atoms with Crippen molar-refractivity contribution < 1.29 is 19.0 Å². The summed E-state index contributed by atoms with van der Waals surface area (Å²) < 4.78 is 27.1. The fraction of sp³-hybridized carbons (Fsp3) is 0.400. The van der Waals surface area contributed by atoms with Gasteiger partial charge in [0.1, 0.15) is 11.6 Å². The molecule has 1 heterocycles. The summed E-state index contributed by atoms with van der Waals surface area (Å²) in [5.74, 6) is 0.564. The highest BCUT2D eigenvalue weighted by atomic mass is 19.1. The first-order valence-electron chi connectivity index (χ1n) is 11.0. The number of ether oxygens (including phenoxy) is 2. The van der Waals surface area contributed by atoms with Gasteiger partial charge in [-0.15, -0.1) is 0 Å². The number of nitrogens with zero attached hydrogens (tertiary/aromatic N) is 3. The minimum atomic E-state index is -0.602. The number of aryl methyl sites for hydroxylation is 1. The Hall–Kier alpha value is -2.74. The van der Waals surface area contributed by atoms with Crippen molar-refractivity contribution in [1.29, 1.82) is 0 Å². The number of benzene rings is 2. The van der Waals surface area contributed by atoms with Gasteiger partial charge in [-0.2, -0.15) is 5.10 Å². The predicted octanol–water partition coefficient (Wildman–Crippen LogP) is 4.72. The van der Waals surface area contributed by atoms with Crippen LogP contribution in [0.3, 0.4) is 0 Å². The van der Waals surface area contributed by atoms with Crippen molar-refractivity contribution in [1.82, 2.24) is 14.7 Å². The van der Waals surface area contributed by atoms with Gasteiger partial charge in [-0.25, -0.2) is 9.07 Å². The molecule has 0 saturated carbocycles. The van der Waals surface area contributed by atoms with Crippen molar-refractivity contribution in [2.24, 2.45) is 0 Å². The van der Waals surface area contributed by atoms with Crippen LogP contribution < -0.4 is 4.74 Å². The van der Waals surface area contributed by atoms with E-state index in [1.807, 2.05) is 44.2 Å². The number of aromatic nitrogens is 2. The third-order valence-corrected chi connectivity index (χ3v) is 5.20. The number of aliphatic hydroxyl groups excluding tert-OH is 1. The molecule has 0 bridgehead atoms. The van der Waals surface area contributed by atoms with Crippen LogP contribution >= 0.6 is 0 Å². The minimum Gasteiger partial charge on any atom is -0.438 e. The van der Waals surface area contributed by atoms with Crippen molar-refractivity contribution in [2.45, 2.75) is 46.4 Å². The van der Waals surface area contributed by atoms with Crippen LogP contribution in [0.2, 0.25) is 0 Å². The molecule has 0 aliphatic carbocycles. The molecule has 0 amide bonds. The second kappa shape index (κ2) is 11.2. The van der Waals surface area contributed by atoms with Gasteiger partial charge in [0.05, 0.1) is 29.7 Å². The molecule has 0 aliphatic rings. The molecule has 0 unspecified atom stereocenters. The molecule has 0 aliphatic heterocycles. The summed E-state index contributed by atoms with van der Waals surface area (Å²) in [4.78, 5) is 2.15. The minimum absolute atomic E-state index is 0.174. The van der Waals surface area contributed by atoms with Crippen LogP contribution in [-0.4, -0.2) is 51.7 Å². The van der Waals surface area contributed by atoms with E-state index in [2.05, 4.69) is 18.7 Å². The van der Waals surface area contributed by atoms with Crippen molar-refractivity contribution in [3.63, 3.8) is 0 Å². The zero-order valence-corrected chi connectivity index (χ0v) is 19.2. The summed E-state index contributed by atoms with van der Waals surface area (Å²) >= 11 is 0. The van der Waals surface area contributed by atoms with Gasteiger partial charge in [-0.05, 0) is 52.0 Å². The Morgan fingerprint density at radius 3 is 2.53 bits per heavy atom. The Labute approximate surface area is 189 Å². The molecule has 7 heteroatoms. The second-order valence-corrected chi connectivity index (χ2v) is 8.01. The zero-order valence-electron chi connectivity index (χ0n) is 19.2. The van der Waals surface area contributed by atoms with E-state index in [4.69, 9.17) is 14.6 Å². The van der Waals surface area contributed by atoms with E-state index >= 15 is 0 Å². The normalized spacial score (nSPS) is 12.5. The lowest BCUT2D eigenvalue weighted by atomic mass is 10.2. The van der Waals surface area contributed by atoms with Crippen LogP contribution in [-0.2, 0) is 11.3 Å². The van der Waals surface area contributed by atoms with E-state index in [1.54, 1.807) is 16.8 Å². The van der Waals surface area contributed by atoms with Gasteiger partial charge >= 0.3 is 0 Å². The third-order valence-electron chi connectivity index (χ3n) is 5.20. The van der Waals surface area contributed by atoms with Crippen molar-refractivity contribution in [3.05, 3.63) is 71.7 Å². The predicted molar refractivity (Wildman–Crippen MR) is 123 cm³/mol. The topological polar surface area (TPSA) is 59.8 Å². The number of hydrogen-bond acceptors (Lipinski definition) is 5. The summed E-state index contributed by atoms with van der Waals surface area (Å²) in [6.07, 6.45) is -0.602. The van der Waals surface area contributed by atoms with Crippen LogP contribution in [0.1, 0.15) is 32.0 Å². The van der Waals surface area contributed by atoms with Gasteiger partial charge in [0.2, 0.25) is 5.88 Å². The van der Waals surface area contributed by atoms with E-state index in [9.17, 15) is 9.50 Å². The van der Waals surface area contributed by atoms with E-state index in [1.165, 1.54) is 12.1 Å². The Morgan fingerprint density at radius 2 is 1.88 bits per heavy atom. The molecule has 0 radical (unpaired) electrons. The van der Waals surface area contributed by atoms with Crippen LogP contribution in [0, 0.1) is 12.7 Å². The van der Waals surface area contributed by atoms with Crippen LogP contribution in [0.5, 0.6) is 11.6 Å². The first-order valence-corrected chi connectivity index (χ1v) is 11.0. The van der Waals surface area contributed by atoms with Gasteiger partial charge in [0.25, 0.3) is 0 Å². The summed E-state index contributed by atoms with van der Waals surface area (Å²) in [6.45, 7) is 9.82. The Balaban J connectivity index is 1.97. The maximum atomic E-state index is 13.8. The standard InChI is InChI=1S/C25H32FN3O3/c1-5-31-17-22(30)15-28(18(2)3)16-24-19(4)27-29(21-11-7-6-8-12-21)25(24)32-23-13-9-10-20(26)14-23/h6-14,18,22,30H,5,15-17H2,1-4H3/t22-/m0/s1. The lowest BCUT2D eigenvalue weighted by Crippen LogP contribution is -2.39. The SMILES string of the molecule is CCOC[C@@H](O)CN(Cc1c(C)nn(-c2ccccc2)c1Oc1cccc(F)c1)C(C)C. The molecule has 1 aromatic heterocycles. The van der Waals surface area contributed by atoms with E-state index in [-0.39, 0.29) is 18.5 Å². The Kier molecular flexibility index (Phi) is 8.39. The smallest absolute Gasteiger partial charge is 0.227 e. The lowest BCUT2D eigenvalue weighted by molar-refractivity contribution is 0.0131. The molecule has 172 valence electrons. The highest BCUT2D eigenvalue weighted by Gasteiger charge is 2.24. The first-order chi connectivity index (χ1) is 15.4. The maximum Gasteiger partial charge on any atom is 0.227 e. The molecular weight excluding hydrogens is 409 g/mol. The average molecular weight is 442 g/mol. The molecule has 3 rings (SSSR count). The third kappa shape index (κ3) is 6.16. The summed E-state index contributed by atoms with van der Waals surface area (Å²) in [5, 5.41) is 15.1. The van der Waals surface area contributed by atoms with Crippen molar-refractivity contribution >= 4 is 0 Å². The van der Waals surface area contributed by atoms with Crippen LogP contribution in [0.15, 0.2) is 54.6 Å². The molecule has 3 aromatic rings. The second-order valence-electron chi connectivity index (χ2n) is 8.01.